The predicted molar refractivity (Wildman–Crippen MR) is 355 cm³/mol. The van der Waals surface area contributed by atoms with Gasteiger partial charge in [-0.15, -0.1) is 125 Å². The minimum atomic E-state index is 0. The molecule has 21 nitrogen and oxygen atoms in total. The van der Waals surface area contributed by atoms with Crippen LogP contribution in [-0.2, 0) is 136 Å². The van der Waals surface area contributed by atoms with Gasteiger partial charge in [0.2, 0.25) is 43.2 Å². The van der Waals surface area contributed by atoms with E-state index in [1.807, 2.05) is 223 Å². The van der Waals surface area contributed by atoms with Crippen molar-refractivity contribution in [2.45, 2.75) is 32.6 Å². The van der Waals surface area contributed by atoms with Crippen LogP contribution >= 0.6 is 0 Å². The van der Waals surface area contributed by atoms with Crippen LogP contribution in [0.3, 0.4) is 0 Å². The zero-order valence-electron chi connectivity index (χ0n) is 54.9. The molecule has 0 spiro atoms. The minimum absolute atomic E-state index is 0. The molecular weight excluding hydrogens is 1630 g/mol. The van der Waals surface area contributed by atoms with Gasteiger partial charge in [0.05, 0.1) is 28.2 Å². The first kappa shape index (κ1) is 75.0. The van der Waals surface area contributed by atoms with Crippen LogP contribution in [0, 0.1) is 56.5 Å². The third kappa shape index (κ3) is 20.5. The molecule has 0 unspecified atom stereocenters. The molecule has 101 heavy (non-hydrogen) atoms. The largest absolute Gasteiger partial charge is 0.708 e. The first-order valence-corrected chi connectivity index (χ1v) is 30.9. The summed E-state index contributed by atoms with van der Waals surface area (Å²) in [6.45, 7) is 1.99. The molecule has 0 fully saturated rings. The fraction of sp³-hybridized carbons (Fsp3) is 0.118. The number of aryl methyl sites for hydroxylation is 5. The Morgan fingerprint density at radius 2 is 0.782 bits per heavy atom. The summed E-state index contributed by atoms with van der Waals surface area (Å²) < 4.78 is 14.6. The van der Waals surface area contributed by atoms with E-state index in [0.29, 0.717) is 49.4 Å². The van der Waals surface area contributed by atoms with E-state index in [2.05, 4.69) is 133 Å². The van der Waals surface area contributed by atoms with Crippen LogP contribution in [0.2, 0.25) is 0 Å². The van der Waals surface area contributed by atoms with Crippen molar-refractivity contribution in [3.63, 3.8) is 0 Å². The summed E-state index contributed by atoms with van der Waals surface area (Å²) in [6.07, 6.45) is 44.4. The second-order valence-electron chi connectivity index (χ2n) is 22.4. The number of rotatable bonds is 16. The van der Waals surface area contributed by atoms with E-state index >= 15 is 0 Å². The molecule has 16 aromatic rings. The Balaban J connectivity index is 0.000000155. The summed E-state index contributed by atoms with van der Waals surface area (Å²) in [7, 11) is 7.69. The Morgan fingerprint density at radius 3 is 1.19 bits per heavy atom. The molecule has 0 aliphatic rings. The van der Waals surface area contributed by atoms with Crippen molar-refractivity contribution >= 4 is 0 Å². The van der Waals surface area contributed by atoms with Crippen LogP contribution in [0.1, 0.15) is 50.7 Å². The van der Waals surface area contributed by atoms with Gasteiger partial charge in [-0.2, -0.15) is 59.0 Å². The molecule has 12 heterocycles. The smallest absolute Gasteiger partial charge is 0.245 e. The van der Waals surface area contributed by atoms with E-state index in [1.165, 1.54) is 0 Å². The van der Waals surface area contributed by atoms with E-state index < -0.39 is 0 Å². The van der Waals surface area contributed by atoms with Gasteiger partial charge in [-0.25, -0.2) is 51.3 Å². The average molecular weight is 1690 g/mol. The maximum absolute atomic E-state index is 4.63. The van der Waals surface area contributed by atoms with Gasteiger partial charge in [-0.3, -0.25) is 13.7 Å². The van der Waals surface area contributed by atoms with Crippen molar-refractivity contribution in [2.75, 3.05) is 0 Å². The Kier molecular flexibility index (Phi) is 26.9. The average Bonchev–Trinajstić information content (AvgIpc) is 1.84. The zero-order valence-corrected chi connectivity index (χ0v) is 61.1. The molecule has 518 valence electrons. The normalized spacial score (nSPS) is 10.5. The molecule has 0 atom stereocenters. The summed E-state index contributed by atoms with van der Waals surface area (Å²) in [5, 5.41) is 0. The number of nitrogens with zero attached hydrogens (tertiary/aromatic N) is 21. The first-order valence-electron chi connectivity index (χ1n) is 30.9. The molecule has 25 heteroatoms. The minimum Gasteiger partial charge on any atom is -0.708 e. The van der Waals surface area contributed by atoms with E-state index in [0.717, 1.165) is 95.9 Å². The second-order valence-corrected chi connectivity index (χ2v) is 22.4. The predicted octanol–water partition coefficient (Wildman–Crippen LogP) is 7.32. The number of benzene rings is 4. The van der Waals surface area contributed by atoms with Crippen LogP contribution in [0.5, 0.6) is 0 Å². The summed E-state index contributed by atoms with van der Waals surface area (Å²) in [5.41, 5.74) is 16.4. The van der Waals surface area contributed by atoms with E-state index in [4.69, 9.17) is 0 Å². The molecule has 0 aliphatic carbocycles. The zero-order chi connectivity index (χ0) is 66.3. The maximum Gasteiger partial charge on any atom is 0.245 e. The maximum atomic E-state index is 4.63. The molecule has 0 amide bonds. The van der Waals surface area contributed by atoms with E-state index in [9.17, 15) is 0 Å². The van der Waals surface area contributed by atoms with Gasteiger partial charge < -0.3 is 47.8 Å². The molecule has 0 saturated heterocycles. The van der Waals surface area contributed by atoms with Crippen molar-refractivity contribution in [1.29, 1.82) is 0 Å². The number of hydrogen-bond acceptors (Lipinski definition) is 9. The molecule has 16 rings (SSSR count). The van der Waals surface area contributed by atoms with Gasteiger partial charge in [0.1, 0.15) is 5.82 Å². The van der Waals surface area contributed by atoms with Crippen LogP contribution in [0.15, 0.2) is 233 Å². The van der Waals surface area contributed by atoms with Crippen molar-refractivity contribution in [3.8, 4) is 68.8 Å². The Hall–Kier alpha value is -10.3. The van der Waals surface area contributed by atoms with Crippen LogP contribution in [0.25, 0.3) is 68.8 Å². The van der Waals surface area contributed by atoms with Crippen LogP contribution in [0.4, 0.5) is 0 Å². The first-order chi connectivity index (χ1) is 47.5. The van der Waals surface area contributed by atoms with Gasteiger partial charge >= 0.3 is 0 Å². The van der Waals surface area contributed by atoms with Gasteiger partial charge in [0.25, 0.3) is 0 Å². The monoisotopic (exact) mass is 1690 g/mol. The number of imidazole rings is 5. The van der Waals surface area contributed by atoms with E-state index in [1.54, 1.807) is 63.4 Å². The van der Waals surface area contributed by atoms with Crippen molar-refractivity contribution in [1.82, 2.24) is 83.1 Å². The molecule has 4 aromatic carbocycles. The third-order valence-electron chi connectivity index (χ3n) is 14.8. The Morgan fingerprint density at radius 1 is 0.376 bits per heavy atom. The molecule has 0 bridgehead atoms. The van der Waals surface area contributed by atoms with Crippen LogP contribution in [-0.4, -0.2) is 63.1 Å². The molecular formula is C76H61N21Pd4-8. The number of hydrogen-bond donors (Lipinski definition) is 0. The van der Waals surface area contributed by atoms with Crippen molar-refractivity contribution in [3.05, 3.63) is 333 Å². The topological polar surface area (TPSA) is 208 Å². The molecule has 0 aliphatic heterocycles. The van der Waals surface area contributed by atoms with Crippen molar-refractivity contribution in [2.24, 2.45) is 28.2 Å². The summed E-state index contributed by atoms with van der Waals surface area (Å²) in [4.78, 5) is 57.0. The quantitative estimate of drug-likeness (QED) is 0.0529. The van der Waals surface area contributed by atoms with Crippen molar-refractivity contribution < 1.29 is 100.0 Å². The molecule has 0 saturated carbocycles. The van der Waals surface area contributed by atoms with Crippen LogP contribution < -0.4 is 38.2 Å². The van der Waals surface area contributed by atoms with Gasteiger partial charge in [-0.1, -0.05) is 42.6 Å². The number of aromatic nitrogens is 21. The fourth-order valence-corrected chi connectivity index (χ4v) is 10.2. The van der Waals surface area contributed by atoms with E-state index in [-0.39, 0.29) is 81.7 Å². The fourth-order valence-electron chi connectivity index (χ4n) is 10.2. The third-order valence-corrected chi connectivity index (χ3v) is 14.8. The molecule has 12 aromatic heterocycles. The van der Waals surface area contributed by atoms with Gasteiger partial charge in [0, 0.05) is 179 Å². The summed E-state index contributed by atoms with van der Waals surface area (Å²) >= 11 is 0. The van der Waals surface area contributed by atoms with Gasteiger partial charge in [-0.05, 0) is 49.9 Å². The standard InChI is InChI=1S/C20H17N5.2C19H15N5.C18H14N6.4Pd/c1-15-6-7-19(22-15)17-5-3-4-16(12-17)13-18-8-9-21-20(23-18)25-11-10-24(2)14-25;1-23-10-11-24(14-23)17-5-2-4-15(13-17)12-16-7-9-21-19(22-16)18-6-3-8-20-18;1-23-10-11-24(14-23)19-21-9-7-17(22-19)13-15-4-2-5-16(12-15)18-6-3-8-20-18;1-23-7-8-24(13-23)18-20-6-5-16(22-18)10-14-3-2-4-15(9-14)17-11-19-12-21-17;;;;/h3-11H,13H2,1-2H3;2-11H,12H2,1H3;2-11H,13H2,1H3;2-8,11-12H,10H2,1H3;;;;/q4*-2;;;;. The molecule has 0 radical (unpaired) electrons. The molecule has 0 N–H and O–H groups in total. The summed E-state index contributed by atoms with van der Waals surface area (Å²) in [6, 6.07) is 57.4. The Bertz CT molecular complexity index is 4730. The summed E-state index contributed by atoms with van der Waals surface area (Å²) in [5.74, 6) is 2.48. The Labute approximate surface area is 640 Å². The van der Waals surface area contributed by atoms with Gasteiger partial charge in [0.15, 0.2) is 0 Å². The SMILES string of the molecule is C[n+]1[c-]n(-c2[c-]c(Cc3ccnc(-c4ccc[n-]4)n3)ccc2)cc1.C[n+]1[c-]n(-c2nccc(Cc3[c-]c(-c4ccc[n-]4)ccc3)n2)cc1.C[n+]1[c-]n(-c2nccc(Cc3[c-]c(-c4cnc[n-]4)ccc3)n2)cc1.Cc1ccc(-c2[c-]c(Cc3ccnc(-n4[c-][n+](C)cc4)n3)ccc2)[n-]1.[Pd].[Pd].[Pd].[Pd]. The second kappa shape index (κ2) is 36.2.